The predicted molar refractivity (Wildman–Crippen MR) is 43.7 cm³/mol. The lowest BCUT2D eigenvalue weighted by molar-refractivity contribution is -0.146. The van der Waals surface area contributed by atoms with Gasteiger partial charge in [-0.05, 0) is 13.5 Å². The quantitative estimate of drug-likeness (QED) is 0.578. The van der Waals surface area contributed by atoms with Gasteiger partial charge in [0.25, 0.3) is 0 Å². The van der Waals surface area contributed by atoms with Crippen LogP contribution in [-0.2, 0) is 4.79 Å². The van der Waals surface area contributed by atoms with Crippen LogP contribution in [0.3, 0.4) is 0 Å². The van der Waals surface area contributed by atoms with E-state index in [1.165, 1.54) is 0 Å². The minimum Gasteiger partial charge on any atom is -0.481 e. The van der Waals surface area contributed by atoms with E-state index in [1.54, 1.807) is 0 Å². The highest BCUT2D eigenvalue weighted by molar-refractivity contribution is 5.81. The first-order valence-electron chi connectivity index (χ1n) is 4.18. The van der Waals surface area contributed by atoms with Crippen molar-refractivity contribution < 1.29 is 9.90 Å². The first-order valence-corrected chi connectivity index (χ1v) is 4.18. The fourth-order valence-corrected chi connectivity index (χ4v) is 2.61. The molecular weight excluding hydrogens is 156 g/mol. The van der Waals surface area contributed by atoms with E-state index in [0.29, 0.717) is 0 Å². The van der Waals surface area contributed by atoms with Crippen molar-refractivity contribution in [1.29, 1.82) is 0 Å². The molecule has 0 radical (unpaired) electrons. The zero-order valence-corrected chi connectivity index (χ0v) is 7.21. The normalized spacial score (nSPS) is 37.8. The molecule has 1 heterocycles. The predicted octanol–water partition coefficient (Wildman–Crippen LogP) is -0.648. The Balaban J connectivity index is 2.12. The van der Waals surface area contributed by atoms with Crippen molar-refractivity contribution >= 4 is 5.97 Å². The highest BCUT2D eigenvalue weighted by Crippen LogP contribution is 2.67. The highest BCUT2D eigenvalue weighted by atomic mass is 16.4. The van der Waals surface area contributed by atoms with Gasteiger partial charge in [0.15, 0.2) is 0 Å². The molecule has 1 aliphatic heterocycles. The largest absolute Gasteiger partial charge is 0.481 e. The Morgan fingerprint density at radius 1 is 1.67 bits per heavy atom. The molecule has 1 unspecified atom stereocenters. The Morgan fingerprint density at radius 2 is 2.25 bits per heavy atom. The van der Waals surface area contributed by atoms with Crippen LogP contribution in [0.15, 0.2) is 0 Å². The maximum Gasteiger partial charge on any atom is 0.311 e. The summed E-state index contributed by atoms with van der Waals surface area (Å²) in [5, 5.41) is 8.99. The molecule has 2 aliphatic rings. The van der Waals surface area contributed by atoms with Gasteiger partial charge in [0.2, 0.25) is 0 Å². The average molecular weight is 170 g/mol. The fourth-order valence-electron chi connectivity index (χ4n) is 2.61. The number of carbonyl (C=O) groups is 1. The Morgan fingerprint density at radius 3 is 2.50 bits per heavy atom. The van der Waals surface area contributed by atoms with Crippen molar-refractivity contribution in [2.75, 3.05) is 26.7 Å². The van der Waals surface area contributed by atoms with E-state index >= 15 is 0 Å². The number of carboxylic acid groups (broad SMARTS) is 1. The van der Waals surface area contributed by atoms with Crippen LogP contribution in [0.1, 0.15) is 6.42 Å². The Bertz CT molecular complexity index is 235. The molecule has 0 amide bonds. The second-order valence-electron chi connectivity index (χ2n) is 4.22. The van der Waals surface area contributed by atoms with Gasteiger partial charge in [-0.1, -0.05) is 0 Å². The zero-order valence-electron chi connectivity index (χ0n) is 7.21. The van der Waals surface area contributed by atoms with Gasteiger partial charge in [0.05, 0.1) is 5.41 Å². The number of nitrogens with two attached hydrogens (primary N) is 1. The summed E-state index contributed by atoms with van der Waals surface area (Å²) in [5.41, 5.74) is 4.95. The topological polar surface area (TPSA) is 66.6 Å². The lowest BCUT2D eigenvalue weighted by atomic mass is 9.86. The van der Waals surface area contributed by atoms with Gasteiger partial charge in [0.1, 0.15) is 0 Å². The second-order valence-corrected chi connectivity index (χ2v) is 4.22. The Hall–Kier alpha value is -0.610. The van der Waals surface area contributed by atoms with Gasteiger partial charge >= 0.3 is 5.97 Å². The Kier molecular flexibility index (Phi) is 1.34. The van der Waals surface area contributed by atoms with Gasteiger partial charge < -0.3 is 15.7 Å². The summed E-state index contributed by atoms with van der Waals surface area (Å²) >= 11 is 0. The van der Waals surface area contributed by atoms with Gasteiger partial charge in [-0.15, -0.1) is 0 Å². The molecule has 1 aliphatic carbocycles. The van der Waals surface area contributed by atoms with E-state index in [4.69, 9.17) is 10.8 Å². The van der Waals surface area contributed by atoms with E-state index in [0.717, 1.165) is 19.5 Å². The van der Waals surface area contributed by atoms with Crippen LogP contribution in [0.5, 0.6) is 0 Å². The fraction of sp³-hybridized carbons (Fsp3) is 0.875. The lowest BCUT2D eigenvalue weighted by Gasteiger charge is -2.39. The van der Waals surface area contributed by atoms with Gasteiger partial charge in [-0.3, -0.25) is 4.79 Å². The molecule has 1 saturated carbocycles. The first kappa shape index (κ1) is 8.01. The van der Waals surface area contributed by atoms with Gasteiger partial charge in [-0.25, -0.2) is 0 Å². The standard InChI is InChI=1S/C8H14N2O2/c1-10-4-7(5-10)2-8(7,3-9)6(11)12/h2-5,9H2,1H3,(H,11,12). The summed E-state index contributed by atoms with van der Waals surface area (Å²) in [5.74, 6) is -0.710. The SMILES string of the molecule is CN1CC2(C1)CC2(CN)C(=O)O. The molecular formula is C8H14N2O2. The number of hydrogen-bond acceptors (Lipinski definition) is 3. The van der Waals surface area contributed by atoms with E-state index < -0.39 is 11.4 Å². The second kappa shape index (κ2) is 2.00. The first-order chi connectivity index (χ1) is 5.56. The van der Waals surface area contributed by atoms with E-state index in [-0.39, 0.29) is 12.0 Å². The van der Waals surface area contributed by atoms with Gasteiger partial charge in [-0.2, -0.15) is 0 Å². The minimum absolute atomic E-state index is 0.0301. The molecule has 1 atom stereocenters. The molecule has 4 nitrogen and oxygen atoms in total. The van der Waals surface area contributed by atoms with E-state index in [1.807, 2.05) is 7.05 Å². The van der Waals surface area contributed by atoms with Crippen LogP contribution in [0.2, 0.25) is 0 Å². The minimum atomic E-state index is -0.710. The molecule has 1 saturated heterocycles. The monoisotopic (exact) mass is 170 g/mol. The van der Waals surface area contributed by atoms with E-state index in [2.05, 4.69) is 4.90 Å². The summed E-state index contributed by atoms with van der Waals surface area (Å²) in [6, 6.07) is 0. The van der Waals surface area contributed by atoms with Crippen LogP contribution < -0.4 is 5.73 Å². The maximum absolute atomic E-state index is 10.9. The summed E-state index contributed by atoms with van der Waals surface area (Å²) in [4.78, 5) is 13.1. The van der Waals surface area contributed by atoms with Crippen LogP contribution in [0.4, 0.5) is 0 Å². The van der Waals surface area contributed by atoms with E-state index in [9.17, 15) is 4.79 Å². The average Bonchev–Trinajstić information content (AvgIpc) is 2.58. The number of hydrogen-bond donors (Lipinski definition) is 2. The summed E-state index contributed by atoms with van der Waals surface area (Å²) in [6.07, 6.45) is 0.774. The molecule has 0 aromatic carbocycles. The summed E-state index contributed by atoms with van der Waals surface area (Å²) < 4.78 is 0. The van der Waals surface area contributed by atoms with Gasteiger partial charge in [0, 0.05) is 25.0 Å². The number of carboxylic acids is 1. The number of likely N-dealkylation sites (tertiary alicyclic amines) is 1. The molecule has 68 valence electrons. The van der Waals surface area contributed by atoms with Crippen LogP contribution in [0, 0.1) is 10.8 Å². The molecule has 4 heteroatoms. The lowest BCUT2D eigenvalue weighted by Crippen LogP contribution is -2.51. The molecule has 1 spiro atoms. The van der Waals surface area contributed by atoms with Crippen molar-refractivity contribution in [2.24, 2.45) is 16.6 Å². The third-order valence-electron chi connectivity index (χ3n) is 3.43. The smallest absolute Gasteiger partial charge is 0.311 e. The van der Waals surface area contributed by atoms with Crippen molar-refractivity contribution in [3.8, 4) is 0 Å². The molecule has 0 aromatic rings. The Labute approximate surface area is 71.3 Å². The summed E-state index contributed by atoms with van der Waals surface area (Å²) in [7, 11) is 2.01. The highest BCUT2D eigenvalue weighted by Gasteiger charge is 2.75. The molecule has 2 rings (SSSR count). The molecule has 0 aromatic heterocycles. The number of aliphatic carboxylic acids is 1. The van der Waals surface area contributed by atoms with Crippen LogP contribution >= 0.6 is 0 Å². The van der Waals surface area contributed by atoms with Crippen LogP contribution in [-0.4, -0.2) is 42.7 Å². The zero-order chi connectivity index (χ0) is 8.98. The van der Waals surface area contributed by atoms with Crippen molar-refractivity contribution in [1.82, 2.24) is 4.90 Å². The van der Waals surface area contributed by atoms with Crippen molar-refractivity contribution in [3.05, 3.63) is 0 Å². The molecule has 2 fully saturated rings. The number of rotatable bonds is 2. The van der Waals surface area contributed by atoms with Crippen molar-refractivity contribution in [3.63, 3.8) is 0 Å². The summed E-state index contributed by atoms with van der Waals surface area (Å²) in [6.45, 7) is 2.09. The molecule has 12 heavy (non-hydrogen) atoms. The van der Waals surface area contributed by atoms with Crippen molar-refractivity contribution in [2.45, 2.75) is 6.42 Å². The maximum atomic E-state index is 10.9. The third kappa shape index (κ3) is 0.671. The van der Waals surface area contributed by atoms with Crippen LogP contribution in [0.25, 0.3) is 0 Å². The number of nitrogens with zero attached hydrogens (tertiary/aromatic N) is 1. The molecule has 3 N–H and O–H groups in total. The molecule has 0 bridgehead atoms. The third-order valence-corrected chi connectivity index (χ3v) is 3.43.